The molecular weight excluding hydrogens is 301 g/mol. The highest BCUT2D eigenvalue weighted by molar-refractivity contribution is 6.35. The molecule has 1 atom stereocenters. The number of halogens is 3. The highest BCUT2D eigenvalue weighted by Crippen LogP contribution is 2.27. The summed E-state index contributed by atoms with van der Waals surface area (Å²) in [6.07, 6.45) is 0.550. The summed E-state index contributed by atoms with van der Waals surface area (Å²) < 4.78 is 0. The molecule has 4 heteroatoms. The van der Waals surface area contributed by atoms with Gasteiger partial charge in [-0.05, 0) is 41.8 Å². The molecule has 0 saturated heterocycles. The third-order valence-corrected chi connectivity index (χ3v) is 3.71. The second-order valence-electron chi connectivity index (χ2n) is 4.17. The molecule has 19 heavy (non-hydrogen) atoms. The summed E-state index contributed by atoms with van der Waals surface area (Å²) in [5.74, 6) is -0.254. The maximum atomic E-state index is 9.30. The number of rotatable bonds is 3. The van der Waals surface area contributed by atoms with Gasteiger partial charge in [0.15, 0.2) is 0 Å². The molecule has 0 amide bonds. The summed E-state index contributed by atoms with van der Waals surface area (Å²) >= 11 is 17.8. The van der Waals surface area contributed by atoms with E-state index in [1.165, 1.54) is 0 Å². The summed E-state index contributed by atoms with van der Waals surface area (Å²) in [5.41, 5.74) is 1.84. The minimum atomic E-state index is -0.254. The fourth-order valence-electron chi connectivity index (χ4n) is 1.84. The number of nitriles is 1. The molecule has 0 aliphatic heterocycles. The van der Waals surface area contributed by atoms with Crippen molar-refractivity contribution in [2.75, 3.05) is 0 Å². The van der Waals surface area contributed by atoms with Crippen LogP contribution in [-0.2, 0) is 6.42 Å². The van der Waals surface area contributed by atoms with Gasteiger partial charge in [-0.1, -0.05) is 53.0 Å². The van der Waals surface area contributed by atoms with Gasteiger partial charge in [0.05, 0.1) is 12.0 Å². The first-order valence-electron chi connectivity index (χ1n) is 5.69. The maximum Gasteiger partial charge on any atom is 0.0753 e. The zero-order valence-electron chi connectivity index (χ0n) is 9.91. The molecule has 0 saturated carbocycles. The van der Waals surface area contributed by atoms with Gasteiger partial charge < -0.3 is 0 Å². The van der Waals surface area contributed by atoms with Crippen LogP contribution >= 0.6 is 34.8 Å². The molecule has 0 unspecified atom stereocenters. The van der Waals surface area contributed by atoms with Crippen LogP contribution in [0.25, 0.3) is 0 Å². The summed E-state index contributed by atoms with van der Waals surface area (Å²) in [6, 6.07) is 14.9. The molecule has 2 aromatic carbocycles. The average molecular weight is 311 g/mol. The molecule has 0 bridgehead atoms. The van der Waals surface area contributed by atoms with E-state index in [0.29, 0.717) is 21.5 Å². The van der Waals surface area contributed by atoms with Crippen LogP contribution in [0.2, 0.25) is 15.1 Å². The highest BCUT2D eigenvalue weighted by Gasteiger charge is 2.13. The molecular formula is C15H10Cl3N. The van der Waals surface area contributed by atoms with Crippen molar-refractivity contribution < 1.29 is 0 Å². The third-order valence-electron chi connectivity index (χ3n) is 2.87. The van der Waals surface area contributed by atoms with Crippen molar-refractivity contribution in [3.8, 4) is 6.07 Å². The number of hydrogen-bond donors (Lipinski definition) is 0. The van der Waals surface area contributed by atoms with Crippen LogP contribution in [0.1, 0.15) is 17.0 Å². The van der Waals surface area contributed by atoms with E-state index in [-0.39, 0.29) is 5.92 Å². The van der Waals surface area contributed by atoms with Gasteiger partial charge in [0.1, 0.15) is 0 Å². The zero-order valence-corrected chi connectivity index (χ0v) is 12.2. The first-order valence-corrected chi connectivity index (χ1v) is 6.82. The van der Waals surface area contributed by atoms with E-state index in [4.69, 9.17) is 34.8 Å². The Kier molecular flexibility index (Phi) is 4.71. The molecule has 0 heterocycles. The Labute approximate surface area is 127 Å². The van der Waals surface area contributed by atoms with Gasteiger partial charge in [0.25, 0.3) is 0 Å². The Morgan fingerprint density at radius 1 is 0.947 bits per heavy atom. The molecule has 96 valence electrons. The molecule has 2 aromatic rings. The molecule has 0 spiro atoms. The van der Waals surface area contributed by atoms with Gasteiger partial charge in [-0.2, -0.15) is 5.26 Å². The van der Waals surface area contributed by atoms with Gasteiger partial charge in [-0.25, -0.2) is 0 Å². The SMILES string of the molecule is N#C[C@@H](Cc1ccc(Cl)cc1Cl)c1ccc(Cl)cc1. The lowest BCUT2D eigenvalue weighted by atomic mass is 9.93. The highest BCUT2D eigenvalue weighted by atomic mass is 35.5. The van der Waals surface area contributed by atoms with Crippen LogP contribution in [0.3, 0.4) is 0 Å². The summed E-state index contributed by atoms with van der Waals surface area (Å²) in [6.45, 7) is 0. The maximum absolute atomic E-state index is 9.30. The predicted molar refractivity (Wildman–Crippen MR) is 80.0 cm³/mol. The number of nitrogens with zero attached hydrogens (tertiary/aromatic N) is 1. The fraction of sp³-hybridized carbons (Fsp3) is 0.133. The minimum absolute atomic E-state index is 0.254. The van der Waals surface area contributed by atoms with Gasteiger partial charge >= 0.3 is 0 Å². The van der Waals surface area contributed by atoms with Gasteiger partial charge in [0.2, 0.25) is 0 Å². The van der Waals surface area contributed by atoms with Gasteiger partial charge in [-0.15, -0.1) is 0 Å². The zero-order chi connectivity index (χ0) is 13.8. The third kappa shape index (κ3) is 3.64. The second kappa shape index (κ2) is 6.30. The van der Waals surface area contributed by atoms with Crippen LogP contribution in [0.5, 0.6) is 0 Å². The Morgan fingerprint density at radius 3 is 2.16 bits per heavy atom. The van der Waals surface area contributed by atoms with E-state index in [0.717, 1.165) is 11.1 Å². The molecule has 0 fully saturated rings. The topological polar surface area (TPSA) is 23.8 Å². The second-order valence-corrected chi connectivity index (χ2v) is 5.45. The van der Waals surface area contributed by atoms with Crippen molar-refractivity contribution in [2.45, 2.75) is 12.3 Å². The lowest BCUT2D eigenvalue weighted by Gasteiger charge is -2.11. The van der Waals surface area contributed by atoms with Crippen molar-refractivity contribution in [1.29, 1.82) is 5.26 Å². The molecule has 0 radical (unpaired) electrons. The van der Waals surface area contributed by atoms with Gasteiger partial charge in [0, 0.05) is 15.1 Å². The Hall–Kier alpha value is -1.20. The van der Waals surface area contributed by atoms with Crippen LogP contribution in [0.4, 0.5) is 0 Å². The van der Waals surface area contributed by atoms with Gasteiger partial charge in [-0.3, -0.25) is 0 Å². The predicted octanol–water partition coefficient (Wildman–Crippen LogP) is 5.50. The molecule has 0 N–H and O–H groups in total. The van der Waals surface area contributed by atoms with Crippen molar-refractivity contribution in [1.82, 2.24) is 0 Å². The van der Waals surface area contributed by atoms with Crippen molar-refractivity contribution in [3.63, 3.8) is 0 Å². The lowest BCUT2D eigenvalue weighted by Crippen LogP contribution is -2.01. The van der Waals surface area contributed by atoms with Crippen molar-refractivity contribution >= 4 is 34.8 Å². The van der Waals surface area contributed by atoms with Crippen LogP contribution in [0.15, 0.2) is 42.5 Å². The lowest BCUT2D eigenvalue weighted by molar-refractivity contribution is 0.849. The van der Waals surface area contributed by atoms with E-state index in [2.05, 4.69) is 6.07 Å². The summed E-state index contributed by atoms with van der Waals surface area (Å²) in [7, 11) is 0. The molecule has 0 aromatic heterocycles. The van der Waals surface area contributed by atoms with E-state index < -0.39 is 0 Å². The standard InChI is InChI=1S/C15H10Cl3N/c16-13-4-1-10(2-5-13)12(9-19)7-11-3-6-14(17)8-15(11)18/h1-6,8,12H,7H2/t12-/m1/s1. The first kappa shape index (κ1) is 14.2. The fourth-order valence-corrected chi connectivity index (χ4v) is 2.45. The normalized spacial score (nSPS) is 11.9. The molecule has 0 aliphatic carbocycles. The minimum Gasteiger partial charge on any atom is -0.198 e. The number of benzene rings is 2. The summed E-state index contributed by atoms with van der Waals surface area (Å²) in [5, 5.41) is 11.1. The Bertz CT molecular complexity index is 614. The molecule has 1 nitrogen and oxygen atoms in total. The smallest absolute Gasteiger partial charge is 0.0753 e. The van der Waals surface area contributed by atoms with Crippen LogP contribution < -0.4 is 0 Å². The largest absolute Gasteiger partial charge is 0.198 e. The first-order chi connectivity index (χ1) is 9.10. The Morgan fingerprint density at radius 2 is 1.58 bits per heavy atom. The van der Waals surface area contributed by atoms with E-state index in [1.807, 2.05) is 18.2 Å². The summed E-state index contributed by atoms with van der Waals surface area (Å²) in [4.78, 5) is 0. The van der Waals surface area contributed by atoms with Crippen molar-refractivity contribution in [2.24, 2.45) is 0 Å². The monoisotopic (exact) mass is 309 g/mol. The molecule has 0 aliphatic rings. The van der Waals surface area contributed by atoms with Crippen LogP contribution in [0, 0.1) is 11.3 Å². The Balaban J connectivity index is 2.24. The van der Waals surface area contributed by atoms with E-state index in [9.17, 15) is 5.26 Å². The number of hydrogen-bond acceptors (Lipinski definition) is 1. The quantitative estimate of drug-likeness (QED) is 0.734. The van der Waals surface area contributed by atoms with E-state index in [1.54, 1.807) is 24.3 Å². The van der Waals surface area contributed by atoms with Crippen LogP contribution in [-0.4, -0.2) is 0 Å². The average Bonchev–Trinajstić information content (AvgIpc) is 2.39. The molecule has 2 rings (SSSR count). The van der Waals surface area contributed by atoms with E-state index >= 15 is 0 Å². The van der Waals surface area contributed by atoms with Crippen molar-refractivity contribution in [3.05, 3.63) is 68.7 Å².